The van der Waals surface area contributed by atoms with Crippen molar-refractivity contribution in [2.75, 3.05) is 25.1 Å². The van der Waals surface area contributed by atoms with Gasteiger partial charge in [0.1, 0.15) is 5.82 Å². The molecule has 4 rings (SSSR count). The van der Waals surface area contributed by atoms with Crippen LogP contribution in [0.3, 0.4) is 0 Å². The quantitative estimate of drug-likeness (QED) is 0.526. The van der Waals surface area contributed by atoms with Gasteiger partial charge in [0.15, 0.2) is 0 Å². The van der Waals surface area contributed by atoms with Gasteiger partial charge >= 0.3 is 6.03 Å². The fraction of sp³-hybridized carbons (Fsp3) is 0.440. The largest absolute Gasteiger partial charge is 0.334 e. The Kier molecular flexibility index (Phi) is 8.47. The molecule has 0 bridgehead atoms. The molecule has 2 aromatic carbocycles. The third kappa shape index (κ3) is 6.05. The van der Waals surface area contributed by atoms with Gasteiger partial charge in [-0.2, -0.15) is 11.8 Å². The predicted octanol–water partition coefficient (Wildman–Crippen LogP) is 4.89. The van der Waals surface area contributed by atoms with Crippen molar-refractivity contribution in [2.24, 2.45) is 0 Å². The summed E-state index contributed by atoms with van der Waals surface area (Å²) in [5, 5.41) is 7.47. The first-order chi connectivity index (χ1) is 16.8. The van der Waals surface area contributed by atoms with E-state index < -0.39 is 5.66 Å². The Morgan fingerprint density at radius 2 is 1.83 bits per heavy atom. The number of carbonyl (C=O) groups is 2. The smallest absolute Gasteiger partial charge is 0.317 e. The van der Waals surface area contributed by atoms with Crippen molar-refractivity contribution in [1.29, 1.82) is 0 Å². The highest BCUT2D eigenvalue weighted by Crippen LogP contribution is 2.35. The summed E-state index contributed by atoms with van der Waals surface area (Å²) in [4.78, 5) is 29.8. The molecule has 2 aliphatic heterocycles. The third-order valence-electron chi connectivity index (χ3n) is 6.69. The van der Waals surface area contributed by atoms with Crippen LogP contribution in [0.1, 0.15) is 30.4 Å². The van der Waals surface area contributed by atoms with Gasteiger partial charge in [-0.3, -0.25) is 10.1 Å². The average Bonchev–Trinajstić information content (AvgIpc) is 3.10. The van der Waals surface area contributed by atoms with E-state index in [1.165, 1.54) is 12.1 Å². The number of halogens is 3. The normalized spacial score (nSPS) is 19.4. The van der Waals surface area contributed by atoms with E-state index >= 15 is 0 Å². The molecule has 0 radical (unpaired) electrons. The molecular weight excluding hydrogens is 510 g/mol. The van der Waals surface area contributed by atoms with Gasteiger partial charge in [-0.15, -0.1) is 0 Å². The zero-order chi connectivity index (χ0) is 25.0. The fourth-order valence-electron chi connectivity index (χ4n) is 4.73. The van der Waals surface area contributed by atoms with Gasteiger partial charge in [0.25, 0.3) is 0 Å². The first kappa shape index (κ1) is 26.1. The Labute approximate surface area is 219 Å². The van der Waals surface area contributed by atoms with Gasteiger partial charge in [-0.05, 0) is 53.8 Å². The molecule has 0 saturated carbocycles. The summed E-state index contributed by atoms with van der Waals surface area (Å²) in [6.07, 6.45) is 4.02. The van der Waals surface area contributed by atoms with Gasteiger partial charge in [-0.25, -0.2) is 9.18 Å². The van der Waals surface area contributed by atoms with E-state index in [1.807, 2.05) is 17.2 Å². The van der Waals surface area contributed by atoms with Crippen LogP contribution in [0.25, 0.3) is 0 Å². The van der Waals surface area contributed by atoms with E-state index in [9.17, 15) is 14.0 Å². The average molecular weight is 540 g/mol. The number of hydrogen-bond donors (Lipinski definition) is 2. The van der Waals surface area contributed by atoms with Crippen LogP contribution in [0.15, 0.2) is 42.5 Å². The second kappa shape index (κ2) is 11.4. The molecule has 1 atom stereocenters. The van der Waals surface area contributed by atoms with Crippen LogP contribution in [0.2, 0.25) is 10.0 Å². The molecular formula is C25H29Cl2FN4O2S. The molecule has 10 heteroatoms. The number of rotatable bonds is 7. The van der Waals surface area contributed by atoms with Crippen molar-refractivity contribution in [1.82, 2.24) is 20.4 Å². The van der Waals surface area contributed by atoms with E-state index in [0.29, 0.717) is 49.1 Å². The molecule has 2 aromatic rings. The maximum absolute atomic E-state index is 13.4. The minimum absolute atomic E-state index is 0.0703. The molecule has 1 unspecified atom stereocenters. The van der Waals surface area contributed by atoms with Crippen LogP contribution in [0.5, 0.6) is 0 Å². The van der Waals surface area contributed by atoms with Gasteiger partial charge in [0.2, 0.25) is 5.91 Å². The van der Waals surface area contributed by atoms with E-state index in [-0.39, 0.29) is 23.8 Å². The lowest BCUT2D eigenvalue weighted by molar-refractivity contribution is -0.134. The third-order valence-corrected chi connectivity index (χ3v) is 8.08. The minimum atomic E-state index is -0.519. The van der Waals surface area contributed by atoms with Crippen LogP contribution >= 0.6 is 35.0 Å². The summed E-state index contributed by atoms with van der Waals surface area (Å²) in [5.74, 6) is 0.654. The molecule has 2 fully saturated rings. The van der Waals surface area contributed by atoms with E-state index in [0.717, 1.165) is 23.3 Å². The Hall–Kier alpha value is -2.00. The van der Waals surface area contributed by atoms with Crippen LogP contribution in [0.4, 0.5) is 9.18 Å². The molecule has 0 aliphatic carbocycles. The van der Waals surface area contributed by atoms with Crippen molar-refractivity contribution in [2.45, 2.75) is 44.1 Å². The maximum atomic E-state index is 13.4. The monoisotopic (exact) mass is 538 g/mol. The predicted molar refractivity (Wildman–Crippen MR) is 139 cm³/mol. The molecule has 3 amide bonds. The van der Waals surface area contributed by atoms with Crippen molar-refractivity contribution < 1.29 is 14.0 Å². The van der Waals surface area contributed by atoms with Crippen LogP contribution < -0.4 is 10.6 Å². The summed E-state index contributed by atoms with van der Waals surface area (Å²) in [6.45, 7) is 1.79. The number of carbonyl (C=O) groups excluding carboxylic acids is 2. The first-order valence-corrected chi connectivity index (χ1v) is 13.8. The van der Waals surface area contributed by atoms with Crippen molar-refractivity contribution in [3.8, 4) is 0 Å². The van der Waals surface area contributed by atoms with Gasteiger partial charge < -0.3 is 15.1 Å². The summed E-state index contributed by atoms with van der Waals surface area (Å²) < 4.78 is 13.4. The Balaban J connectivity index is 1.41. The van der Waals surface area contributed by atoms with E-state index in [2.05, 4.69) is 10.6 Å². The fourth-order valence-corrected chi connectivity index (χ4v) is 5.52. The highest BCUT2D eigenvalue weighted by Gasteiger charge is 2.51. The van der Waals surface area contributed by atoms with Crippen LogP contribution in [0, 0.1) is 5.82 Å². The summed E-state index contributed by atoms with van der Waals surface area (Å²) in [6, 6.07) is 11.2. The lowest BCUT2D eigenvalue weighted by atomic mass is 9.95. The highest BCUT2D eigenvalue weighted by atomic mass is 35.5. The maximum Gasteiger partial charge on any atom is 0.317 e. The number of hydrogen-bond acceptors (Lipinski definition) is 4. The van der Waals surface area contributed by atoms with E-state index in [1.54, 1.807) is 40.9 Å². The van der Waals surface area contributed by atoms with Crippen molar-refractivity contribution >= 4 is 46.9 Å². The topological polar surface area (TPSA) is 64.7 Å². The molecule has 188 valence electrons. The number of amides is 3. The number of nitrogens with zero attached hydrogens (tertiary/aromatic N) is 2. The molecule has 2 N–H and O–H groups in total. The zero-order valence-electron chi connectivity index (χ0n) is 19.5. The SMILES string of the molecule is CSCCC1NC2(CCN(C(=O)NCc3ccc(Cl)c(Cl)c3)CC2)N(Cc2ccc(F)cc2)C1=O. The molecule has 2 heterocycles. The second-order valence-electron chi connectivity index (χ2n) is 8.96. The molecule has 2 aliphatic rings. The number of urea groups is 1. The molecule has 35 heavy (non-hydrogen) atoms. The van der Waals surface area contributed by atoms with Gasteiger partial charge in [-0.1, -0.05) is 41.4 Å². The molecule has 0 aromatic heterocycles. The molecule has 1 spiro atoms. The lowest BCUT2D eigenvalue weighted by Crippen LogP contribution is -2.60. The van der Waals surface area contributed by atoms with Crippen molar-refractivity contribution in [3.05, 3.63) is 69.5 Å². The summed E-state index contributed by atoms with van der Waals surface area (Å²) in [5.41, 5.74) is 1.23. The van der Waals surface area contributed by atoms with Gasteiger partial charge in [0.05, 0.1) is 21.7 Å². The number of likely N-dealkylation sites (tertiary alicyclic amines) is 1. The standard InChI is InChI=1S/C25H29Cl2FN4O2S/c1-35-13-8-22-23(33)32(16-17-2-5-19(28)6-3-17)25(30-22)9-11-31(12-10-25)24(34)29-15-18-4-7-20(26)21(27)14-18/h2-7,14,22,30H,8-13,15-16H2,1H3,(H,29,34). The lowest BCUT2D eigenvalue weighted by Gasteiger charge is -2.44. The second-order valence-corrected chi connectivity index (χ2v) is 10.8. The number of benzene rings is 2. The number of thioether (sulfide) groups is 1. The highest BCUT2D eigenvalue weighted by molar-refractivity contribution is 7.98. The Morgan fingerprint density at radius 1 is 1.14 bits per heavy atom. The Morgan fingerprint density at radius 3 is 2.49 bits per heavy atom. The van der Waals surface area contributed by atoms with E-state index in [4.69, 9.17) is 23.2 Å². The number of nitrogens with one attached hydrogen (secondary N) is 2. The zero-order valence-corrected chi connectivity index (χ0v) is 21.9. The molecule has 2 saturated heterocycles. The van der Waals surface area contributed by atoms with Crippen molar-refractivity contribution in [3.63, 3.8) is 0 Å². The number of piperidine rings is 1. The first-order valence-electron chi connectivity index (χ1n) is 11.6. The minimum Gasteiger partial charge on any atom is -0.334 e. The molecule has 6 nitrogen and oxygen atoms in total. The van der Waals surface area contributed by atoms with Crippen LogP contribution in [-0.2, 0) is 17.9 Å². The Bertz CT molecular complexity index is 1060. The summed E-state index contributed by atoms with van der Waals surface area (Å²) in [7, 11) is 0. The summed E-state index contributed by atoms with van der Waals surface area (Å²) >= 11 is 13.7. The van der Waals surface area contributed by atoms with Gasteiger partial charge in [0, 0.05) is 39.0 Å². The van der Waals surface area contributed by atoms with Crippen LogP contribution in [-0.4, -0.2) is 58.5 Å².